The molecule has 4 fully saturated rings. The smallest absolute Gasteiger partial charge is 0.280 e. The van der Waals surface area contributed by atoms with E-state index < -0.39 is 9.85 Å². The highest BCUT2D eigenvalue weighted by atomic mass is 16.6. The second kappa shape index (κ2) is 5.49. The summed E-state index contributed by atoms with van der Waals surface area (Å²) in [6.07, 6.45) is 5.32. The Labute approximate surface area is 150 Å². The van der Waals surface area contributed by atoms with Gasteiger partial charge in [0.1, 0.15) is 0 Å². The summed E-state index contributed by atoms with van der Waals surface area (Å²) < 4.78 is 0. The van der Waals surface area contributed by atoms with Gasteiger partial charge >= 0.3 is 0 Å². The van der Waals surface area contributed by atoms with Gasteiger partial charge in [-0.2, -0.15) is 0 Å². The molecule has 4 aliphatic rings. The van der Waals surface area contributed by atoms with Gasteiger partial charge in [0.15, 0.2) is 0 Å². The lowest BCUT2D eigenvalue weighted by Crippen LogP contribution is -2.64. The molecule has 5 rings (SSSR count). The van der Waals surface area contributed by atoms with Gasteiger partial charge in [-0.3, -0.25) is 25.0 Å². The summed E-state index contributed by atoms with van der Waals surface area (Å²) in [4.78, 5) is 33.4. The monoisotopic (exact) mass is 359 g/mol. The minimum absolute atomic E-state index is 0.0692. The van der Waals surface area contributed by atoms with Gasteiger partial charge in [-0.15, -0.1) is 0 Å². The van der Waals surface area contributed by atoms with E-state index in [-0.39, 0.29) is 28.2 Å². The second-order valence-electron chi connectivity index (χ2n) is 8.42. The van der Waals surface area contributed by atoms with Crippen molar-refractivity contribution in [3.05, 3.63) is 44.0 Å². The molecular formula is C18H21N3O5. The number of nitrogens with one attached hydrogen (secondary N) is 1. The highest BCUT2D eigenvalue weighted by Crippen LogP contribution is 2.63. The van der Waals surface area contributed by atoms with Gasteiger partial charge in [0.05, 0.1) is 15.9 Å². The summed E-state index contributed by atoms with van der Waals surface area (Å²) in [5.41, 5.74) is -0.520. The maximum absolute atomic E-state index is 11.8. The molecule has 0 aliphatic heterocycles. The SMILES string of the molecule is CC(=O)NC12C[C@H]3C[C@H](C1)CC(c1ccc([N+](=O)[O-])cc1[N+](=O)[O-])(C3)C2. The van der Waals surface area contributed by atoms with E-state index in [0.29, 0.717) is 23.8 Å². The first-order chi connectivity index (χ1) is 12.2. The average Bonchev–Trinajstić information content (AvgIpc) is 2.51. The number of carbonyl (C=O) groups is 1. The molecule has 1 aromatic carbocycles. The second-order valence-corrected chi connectivity index (χ2v) is 8.42. The Morgan fingerprint density at radius 3 is 2.31 bits per heavy atom. The van der Waals surface area contributed by atoms with E-state index in [1.165, 1.54) is 13.0 Å². The summed E-state index contributed by atoms with van der Waals surface area (Å²) in [5.74, 6) is 0.788. The molecule has 1 N–H and O–H groups in total. The molecule has 8 heteroatoms. The quantitative estimate of drug-likeness (QED) is 0.654. The van der Waals surface area contributed by atoms with Crippen molar-refractivity contribution in [3.8, 4) is 0 Å². The molecule has 1 amide bonds. The van der Waals surface area contributed by atoms with Crippen molar-refractivity contribution in [3.63, 3.8) is 0 Å². The van der Waals surface area contributed by atoms with E-state index in [4.69, 9.17) is 0 Å². The van der Waals surface area contributed by atoms with Gasteiger partial charge in [-0.1, -0.05) is 0 Å². The molecule has 2 atom stereocenters. The predicted octanol–water partition coefficient (Wildman–Crippen LogP) is 3.23. The fraction of sp³-hybridized carbons (Fsp3) is 0.611. The van der Waals surface area contributed by atoms with Crippen LogP contribution in [0.4, 0.5) is 11.4 Å². The van der Waals surface area contributed by atoms with Crippen molar-refractivity contribution in [2.75, 3.05) is 0 Å². The number of nitro benzene ring substituents is 2. The Morgan fingerprint density at radius 1 is 1.12 bits per heavy atom. The zero-order valence-corrected chi connectivity index (χ0v) is 14.6. The predicted molar refractivity (Wildman–Crippen MR) is 92.7 cm³/mol. The third kappa shape index (κ3) is 2.55. The van der Waals surface area contributed by atoms with Crippen molar-refractivity contribution in [1.82, 2.24) is 5.32 Å². The standard InChI is InChI=1S/C18H21N3O5/c1-11(22)19-18-8-12-4-13(9-18)7-17(6-12,10-18)15-3-2-14(20(23)24)5-16(15)21(25)26/h2-3,5,12-13H,4,6-10H2,1H3,(H,19,22)/t12-,13-,17?,18?/m0/s1. The molecule has 4 bridgehead atoms. The van der Waals surface area contributed by atoms with Crippen LogP contribution in [-0.2, 0) is 10.2 Å². The first-order valence-corrected chi connectivity index (χ1v) is 8.94. The van der Waals surface area contributed by atoms with Crippen LogP contribution in [0.1, 0.15) is 51.0 Å². The van der Waals surface area contributed by atoms with Gasteiger partial charge in [0, 0.05) is 29.5 Å². The third-order valence-electron chi connectivity index (χ3n) is 6.46. The molecular weight excluding hydrogens is 338 g/mol. The summed E-state index contributed by atoms with van der Waals surface area (Å²) in [6.45, 7) is 1.51. The minimum Gasteiger partial charge on any atom is -0.351 e. The summed E-state index contributed by atoms with van der Waals surface area (Å²) >= 11 is 0. The Morgan fingerprint density at radius 2 is 1.77 bits per heavy atom. The largest absolute Gasteiger partial charge is 0.351 e. The van der Waals surface area contributed by atoms with Crippen molar-refractivity contribution in [2.45, 2.75) is 56.4 Å². The summed E-state index contributed by atoms with van der Waals surface area (Å²) in [6, 6.07) is 4.02. The lowest BCUT2D eigenvalue weighted by Gasteiger charge is -2.62. The van der Waals surface area contributed by atoms with Crippen LogP contribution < -0.4 is 5.32 Å². The molecule has 0 unspecified atom stereocenters. The molecule has 26 heavy (non-hydrogen) atoms. The van der Waals surface area contributed by atoms with Crippen LogP contribution in [0.15, 0.2) is 18.2 Å². The van der Waals surface area contributed by atoms with Gasteiger partial charge < -0.3 is 5.32 Å². The number of hydrogen-bond donors (Lipinski definition) is 1. The summed E-state index contributed by atoms with van der Waals surface area (Å²) in [7, 11) is 0. The van der Waals surface area contributed by atoms with Crippen LogP contribution in [0.2, 0.25) is 0 Å². The molecule has 1 aromatic rings. The fourth-order valence-corrected chi connectivity index (χ4v) is 6.33. The fourth-order valence-electron chi connectivity index (χ4n) is 6.33. The van der Waals surface area contributed by atoms with Gasteiger partial charge in [0.2, 0.25) is 5.91 Å². The molecule has 0 spiro atoms. The van der Waals surface area contributed by atoms with Crippen LogP contribution in [0.3, 0.4) is 0 Å². The molecule has 0 radical (unpaired) electrons. The van der Waals surface area contributed by atoms with E-state index in [2.05, 4.69) is 5.32 Å². The highest BCUT2D eigenvalue weighted by Gasteiger charge is 2.59. The van der Waals surface area contributed by atoms with Gasteiger partial charge in [0.25, 0.3) is 11.4 Å². The van der Waals surface area contributed by atoms with E-state index in [9.17, 15) is 25.0 Å². The Bertz CT molecular complexity index is 807. The number of hydrogen-bond acceptors (Lipinski definition) is 5. The van der Waals surface area contributed by atoms with Crippen molar-refractivity contribution >= 4 is 17.3 Å². The number of nitro groups is 2. The number of non-ortho nitro benzene ring substituents is 1. The average molecular weight is 359 g/mol. The van der Waals surface area contributed by atoms with Crippen LogP contribution in [0.5, 0.6) is 0 Å². The van der Waals surface area contributed by atoms with E-state index in [0.717, 1.165) is 38.2 Å². The van der Waals surface area contributed by atoms with Crippen LogP contribution >= 0.6 is 0 Å². The molecule has 8 nitrogen and oxygen atoms in total. The van der Waals surface area contributed by atoms with Crippen molar-refractivity contribution in [1.29, 1.82) is 0 Å². The maximum atomic E-state index is 11.8. The van der Waals surface area contributed by atoms with Crippen molar-refractivity contribution < 1.29 is 14.6 Å². The number of rotatable bonds is 4. The maximum Gasteiger partial charge on any atom is 0.280 e. The lowest BCUT2D eigenvalue weighted by atomic mass is 9.45. The molecule has 138 valence electrons. The first-order valence-electron chi connectivity index (χ1n) is 8.94. The molecule has 4 aliphatic carbocycles. The van der Waals surface area contributed by atoms with Crippen LogP contribution in [0.25, 0.3) is 0 Å². The molecule has 0 heterocycles. The Balaban J connectivity index is 1.81. The van der Waals surface area contributed by atoms with Crippen LogP contribution in [-0.4, -0.2) is 21.3 Å². The van der Waals surface area contributed by atoms with E-state index in [1.54, 1.807) is 6.07 Å². The topological polar surface area (TPSA) is 115 Å². The third-order valence-corrected chi connectivity index (χ3v) is 6.46. The Hall–Kier alpha value is -2.51. The minimum atomic E-state index is -0.602. The summed E-state index contributed by atoms with van der Waals surface area (Å²) in [5, 5.41) is 25.8. The van der Waals surface area contributed by atoms with E-state index >= 15 is 0 Å². The zero-order chi connectivity index (χ0) is 18.7. The first kappa shape index (κ1) is 16.9. The zero-order valence-electron chi connectivity index (χ0n) is 14.6. The molecule has 0 saturated heterocycles. The Kier molecular flexibility index (Phi) is 3.58. The molecule has 4 saturated carbocycles. The number of carbonyl (C=O) groups excluding carboxylic acids is 1. The highest BCUT2D eigenvalue weighted by molar-refractivity contribution is 5.74. The number of amides is 1. The van der Waals surface area contributed by atoms with Crippen molar-refractivity contribution in [2.24, 2.45) is 11.8 Å². The lowest BCUT2D eigenvalue weighted by molar-refractivity contribution is -0.395. The van der Waals surface area contributed by atoms with E-state index in [1.807, 2.05) is 0 Å². The molecule has 0 aromatic heterocycles. The number of benzene rings is 1. The van der Waals surface area contributed by atoms with Gasteiger partial charge in [-0.25, -0.2) is 0 Å². The number of nitrogens with zero attached hydrogens (tertiary/aromatic N) is 2. The normalized spacial score (nSPS) is 34.5. The van der Waals surface area contributed by atoms with Crippen LogP contribution in [0, 0.1) is 32.1 Å². The van der Waals surface area contributed by atoms with Gasteiger partial charge in [-0.05, 0) is 56.4 Å².